The Hall–Kier alpha value is 0. The molecule has 0 heteroatoms. The molecule has 0 aliphatic rings. The Kier molecular flexibility index (Phi) is 12.0. The molecular weight excluding hydrogens is 156 g/mol. The molecule has 0 spiro atoms. The van der Waals surface area contributed by atoms with Crippen LogP contribution in [0.1, 0.15) is 77.6 Å². The van der Waals surface area contributed by atoms with Gasteiger partial charge in [0, 0.05) is 0 Å². The molecule has 79 valence electrons. The smallest absolute Gasteiger partial charge is 0.0533 e. The Morgan fingerprint density at radius 1 is 0.615 bits per heavy atom. The third-order valence-electron chi connectivity index (χ3n) is 2.60. The van der Waals surface area contributed by atoms with E-state index >= 15 is 0 Å². The minimum Gasteiger partial charge on any atom is -0.0654 e. The van der Waals surface area contributed by atoms with Gasteiger partial charge >= 0.3 is 0 Å². The number of hydrogen-bond acceptors (Lipinski definition) is 0. The molecular formula is C13H27. The van der Waals surface area contributed by atoms with Gasteiger partial charge in [-0.05, 0) is 0 Å². The minimum absolute atomic E-state index is 1.12. The normalized spacial score (nSPS) is 10.6. The van der Waals surface area contributed by atoms with Gasteiger partial charge in [-0.1, -0.05) is 84.5 Å². The van der Waals surface area contributed by atoms with Crippen LogP contribution < -0.4 is 0 Å². The molecule has 0 aromatic heterocycles. The molecule has 0 saturated carbocycles. The molecule has 0 rings (SSSR count). The zero-order valence-corrected chi connectivity index (χ0v) is 9.49. The van der Waals surface area contributed by atoms with Crippen molar-refractivity contribution in [3.05, 3.63) is 6.92 Å². The molecule has 0 fully saturated rings. The Labute approximate surface area is 85.1 Å². The van der Waals surface area contributed by atoms with Crippen LogP contribution >= 0.6 is 0 Å². The fourth-order valence-electron chi connectivity index (χ4n) is 1.66. The van der Waals surface area contributed by atoms with E-state index in [1.165, 1.54) is 64.2 Å². The first-order valence-corrected chi connectivity index (χ1v) is 6.21. The fraction of sp³-hybridized carbons (Fsp3) is 0.923. The summed E-state index contributed by atoms with van der Waals surface area (Å²) in [6, 6.07) is 0. The van der Waals surface area contributed by atoms with Crippen molar-refractivity contribution in [1.82, 2.24) is 0 Å². The zero-order chi connectivity index (χ0) is 9.78. The third-order valence-corrected chi connectivity index (χ3v) is 2.60. The van der Waals surface area contributed by atoms with E-state index in [-0.39, 0.29) is 0 Å². The van der Waals surface area contributed by atoms with Gasteiger partial charge in [0.15, 0.2) is 0 Å². The van der Waals surface area contributed by atoms with Crippen molar-refractivity contribution in [2.24, 2.45) is 0 Å². The standard InChI is InChI=1S/C13H27/c1-3-5-7-9-11-13-12-10-8-6-4-2/h1,3-13H2,2H3. The molecule has 1 radical (unpaired) electrons. The summed E-state index contributed by atoms with van der Waals surface area (Å²) < 4.78 is 0. The van der Waals surface area contributed by atoms with Crippen molar-refractivity contribution in [3.63, 3.8) is 0 Å². The summed E-state index contributed by atoms with van der Waals surface area (Å²) in [5.74, 6) is 0. The highest BCUT2D eigenvalue weighted by atomic mass is 14.0. The second-order valence-corrected chi connectivity index (χ2v) is 4.04. The van der Waals surface area contributed by atoms with Crippen LogP contribution in [-0.2, 0) is 0 Å². The fourth-order valence-corrected chi connectivity index (χ4v) is 1.66. The SMILES string of the molecule is [CH2]CCCCCCCCCCCC. The van der Waals surface area contributed by atoms with E-state index in [2.05, 4.69) is 13.8 Å². The number of unbranched alkanes of at least 4 members (excludes halogenated alkanes) is 10. The second-order valence-electron chi connectivity index (χ2n) is 4.04. The van der Waals surface area contributed by atoms with E-state index in [9.17, 15) is 0 Å². The third kappa shape index (κ3) is 12.0. The van der Waals surface area contributed by atoms with Gasteiger partial charge < -0.3 is 0 Å². The number of hydrogen-bond donors (Lipinski definition) is 0. The Morgan fingerprint density at radius 2 is 1.00 bits per heavy atom. The first-order valence-electron chi connectivity index (χ1n) is 6.21. The highest BCUT2D eigenvalue weighted by Crippen LogP contribution is 2.10. The lowest BCUT2D eigenvalue weighted by molar-refractivity contribution is 0.557. The summed E-state index contributed by atoms with van der Waals surface area (Å²) in [6.07, 6.45) is 15.4. The predicted octanol–water partition coefficient (Wildman–Crippen LogP) is 5.13. The Balaban J connectivity index is 2.76. The van der Waals surface area contributed by atoms with Crippen LogP contribution in [0.5, 0.6) is 0 Å². The highest BCUT2D eigenvalue weighted by molar-refractivity contribution is 4.48. The van der Waals surface area contributed by atoms with Gasteiger partial charge in [-0.15, -0.1) is 0 Å². The maximum atomic E-state index is 3.85. The quantitative estimate of drug-likeness (QED) is 0.412. The van der Waals surface area contributed by atoms with Gasteiger partial charge in [-0.25, -0.2) is 0 Å². The molecule has 0 heterocycles. The van der Waals surface area contributed by atoms with E-state index in [0.717, 1.165) is 6.42 Å². The van der Waals surface area contributed by atoms with E-state index in [0.29, 0.717) is 0 Å². The molecule has 0 nitrogen and oxygen atoms in total. The van der Waals surface area contributed by atoms with Gasteiger partial charge in [0.2, 0.25) is 0 Å². The summed E-state index contributed by atoms with van der Waals surface area (Å²) in [5, 5.41) is 0. The monoisotopic (exact) mass is 183 g/mol. The zero-order valence-electron chi connectivity index (χ0n) is 9.49. The molecule has 0 amide bonds. The molecule has 0 N–H and O–H groups in total. The molecule has 0 bridgehead atoms. The molecule has 0 saturated heterocycles. The van der Waals surface area contributed by atoms with Crippen molar-refractivity contribution in [1.29, 1.82) is 0 Å². The predicted molar refractivity (Wildman–Crippen MR) is 61.8 cm³/mol. The Morgan fingerprint density at radius 3 is 1.38 bits per heavy atom. The van der Waals surface area contributed by atoms with Crippen LogP contribution in [0.3, 0.4) is 0 Å². The van der Waals surface area contributed by atoms with Crippen molar-refractivity contribution in [2.75, 3.05) is 0 Å². The van der Waals surface area contributed by atoms with Crippen molar-refractivity contribution in [2.45, 2.75) is 77.6 Å². The molecule has 13 heavy (non-hydrogen) atoms. The van der Waals surface area contributed by atoms with Crippen molar-refractivity contribution >= 4 is 0 Å². The largest absolute Gasteiger partial charge is 0.0654 e. The van der Waals surface area contributed by atoms with Gasteiger partial charge in [0.25, 0.3) is 0 Å². The van der Waals surface area contributed by atoms with E-state index in [1.54, 1.807) is 0 Å². The minimum atomic E-state index is 1.12. The first kappa shape index (κ1) is 13.0. The summed E-state index contributed by atoms with van der Waals surface area (Å²) in [4.78, 5) is 0. The molecule has 0 atom stereocenters. The first-order chi connectivity index (χ1) is 6.41. The molecule has 0 aliphatic carbocycles. The summed E-state index contributed by atoms with van der Waals surface area (Å²) in [7, 11) is 0. The van der Waals surface area contributed by atoms with Crippen LogP contribution in [0.2, 0.25) is 0 Å². The van der Waals surface area contributed by atoms with E-state index in [4.69, 9.17) is 0 Å². The van der Waals surface area contributed by atoms with Crippen molar-refractivity contribution < 1.29 is 0 Å². The Bertz CT molecular complexity index is 66.1. The lowest BCUT2D eigenvalue weighted by Crippen LogP contribution is -1.81. The van der Waals surface area contributed by atoms with Crippen LogP contribution in [0, 0.1) is 6.92 Å². The van der Waals surface area contributed by atoms with E-state index in [1.807, 2.05) is 0 Å². The van der Waals surface area contributed by atoms with Crippen molar-refractivity contribution in [3.8, 4) is 0 Å². The maximum absolute atomic E-state index is 3.85. The van der Waals surface area contributed by atoms with Gasteiger partial charge in [0.05, 0.1) is 0 Å². The average molecular weight is 183 g/mol. The summed E-state index contributed by atoms with van der Waals surface area (Å²) >= 11 is 0. The van der Waals surface area contributed by atoms with Crippen LogP contribution in [0.25, 0.3) is 0 Å². The lowest BCUT2D eigenvalue weighted by Gasteiger charge is -2.00. The molecule has 0 aromatic carbocycles. The van der Waals surface area contributed by atoms with Gasteiger partial charge in [-0.3, -0.25) is 0 Å². The summed E-state index contributed by atoms with van der Waals surface area (Å²) in [6.45, 7) is 6.13. The van der Waals surface area contributed by atoms with Gasteiger partial charge in [-0.2, -0.15) is 0 Å². The molecule has 0 aromatic rings. The van der Waals surface area contributed by atoms with E-state index < -0.39 is 0 Å². The van der Waals surface area contributed by atoms with Crippen LogP contribution in [0.15, 0.2) is 0 Å². The maximum Gasteiger partial charge on any atom is -0.0533 e. The van der Waals surface area contributed by atoms with Crippen LogP contribution in [-0.4, -0.2) is 0 Å². The van der Waals surface area contributed by atoms with Gasteiger partial charge in [0.1, 0.15) is 0 Å². The topological polar surface area (TPSA) is 0 Å². The second kappa shape index (κ2) is 12.0. The lowest BCUT2D eigenvalue weighted by atomic mass is 10.1. The number of rotatable bonds is 10. The highest BCUT2D eigenvalue weighted by Gasteiger charge is 1.90. The van der Waals surface area contributed by atoms with Crippen LogP contribution in [0.4, 0.5) is 0 Å². The molecule has 0 aliphatic heterocycles. The molecule has 0 unspecified atom stereocenters. The summed E-state index contributed by atoms with van der Waals surface area (Å²) in [5.41, 5.74) is 0. The average Bonchev–Trinajstić information content (AvgIpc) is 2.16.